The van der Waals surface area contributed by atoms with Crippen LogP contribution in [0.2, 0.25) is 5.02 Å². The van der Waals surface area contributed by atoms with Crippen molar-refractivity contribution in [2.45, 2.75) is 19.1 Å². The van der Waals surface area contributed by atoms with Crippen molar-refractivity contribution in [2.75, 3.05) is 13.1 Å². The average Bonchev–Trinajstić information content (AvgIpc) is 2.08. The van der Waals surface area contributed by atoms with Gasteiger partial charge in [0.15, 0.2) is 0 Å². The van der Waals surface area contributed by atoms with Crippen molar-refractivity contribution in [3.05, 3.63) is 34.6 Å². The molecule has 1 aliphatic heterocycles. The predicted octanol–water partition coefficient (Wildman–Crippen LogP) is 2.05. The Balaban J connectivity index is 2.03. The molecule has 0 bridgehead atoms. The lowest BCUT2D eigenvalue weighted by Gasteiger charge is -2.44. The first-order valence-electron chi connectivity index (χ1n) is 4.85. The number of benzene rings is 1. The van der Waals surface area contributed by atoms with Gasteiger partial charge in [-0.3, -0.25) is 4.90 Å². The zero-order valence-corrected chi connectivity index (χ0v) is 9.26. The van der Waals surface area contributed by atoms with E-state index in [1.165, 1.54) is 12.1 Å². The summed E-state index contributed by atoms with van der Waals surface area (Å²) >= 11 is 5.78. The summed E-state index contributed by atoms with van der Waals surface area (Å²) in [6, 6.07) is 4.53. The highest BCUT2D eigenvalue weighted by Crippen LogP contribution is 2.24. The second kappa shape index (κ2) is 3.74. The Kier molecular flexibility index (Phi) is 2.71. The molecule has 1 fully saturated rings. The molecule has 1 heterocycles. The lowest BCUT2D eigenvalue weighted by molar-refractivity contribution is -0.0874. The third-order valence-corrected chi connectivity index (χ3v) is 2.77. The van der Waals surface area contributed by atoms with Crippen LogP contribution in [0.5, 0.6) is 0 Å². The maximum atomic E-state index is 13.3. The van der Waals surface area contributed by atoms with Crippen molar-refractivity contribution in [1.29, 1.82) is 0 Å². The first-order chi connectivity index (χ1) is 6.96. The molecule has 0 atom stereocenters. The van der Waals surface area contributed by atoms with Crippen LogP contribution in [0.25, 0.3) is 0 Å². The van der Waals surface area contributed by atoms with Gasteiger partial charge in [-0.25, -0.2) is 4.39 Å². The number of nitrogens with zero attached hydrogens (tertiary/aromatic N) is 1. The average molecular weight is 230 g/mol. The summed E-state index contributed by atoms with van der Waals surface area (Å²) < 4.78 is 13.3. The molecule has 0 radical (unpaired) electrons. The van der Waals surface area contributed by atoms with E-state index in [1.807, 2.05) is 4.90 Å². The highest BCUT2D eigenvalue weighted by molar-refractivity contribution is 6.30. The molecule has 0 unspecified atom stereocenters. The van der Waals surface area contributed by atoms with Gasteiger partial charge >= 0.3 is 0 Å². The number of halogens is 2. The SMILES string of the molecule is CC1(O)CN(Cc2cc(Cl)ccc2F)C1. The smallest absolute Gasteiger partial charge is 0.127 e. The van der Waals surface area contributed by atoms with Crippen molar-refractivity contribution in [1.82, 2.24) is 4.90 Å². The maximum Gasteiger partial charge on any atom is 0.127 e. The van der Waals surface area contributed by atoms with Crippen LogP contribution in [0.4, 0.5) is 4.39 Å². The van der Waals surface area contributed by atoms with Gasteiger partial charge in [0.1, 0.15) is 5.82 Å². The molecule has 1 aliphatic rings. The number of β-amino-alcohol motifs (C(OH)–C–C–N with tert-alkyl or cyclic N) is 1. The fourth-order valence-corrected chi connectivity index (χ4v) is 2.13. The van der Waals surface area contributed by atoms with E-state index in [9.17, 15) is 9.50 Å². The van der Waals surface area contributed by atoms with E-state index in [4.69, 9.17) is 11.6 Å². The number of hydrogen-bond donors (Lipinski definition) is 1. The van der Waals surface area contributed by atoms with Gasteiger partial charge < -0.3 is 5.11 Å². The first kappa shape index (κ1) is 10.9. The molecule has 1 aromatic rings. The van der Waals surface area contributed by atoms with Crippen LogP contribution in [0.1, 0.15) is 12.5 Å². The minimum absolute atomic E-state index is 0.244. The predicted molar refractivity (Wildman–Crippen MR) is 57.3 cm³/mol. The Hall–Kier alpha value is -0.640. The van der Waals surface area contributed by atoms with Gasteiger partial charge in [0.25, 0.3) is 0 Å². The fourth-order valence-electron chi connectivity index (χ4n) is 1.93. The van der Waals surface area contributed by atoms with Gasteiger partial charge in [-0.2, -0.15) is 0 Å². The van der Waals surface area contributed by atoms with E-state index in [2.05, 4.69) is 0 Å². The normalized spacial score (nSPS) is 20.0. The Morgan fingerprint density at radius 1 is 1.53 bits per heavy atom. The highest BCUT2D eigenvalue weighted by atomic mass is 35.5. The third kappa shape index (κ3) is 2.48. The lowest BCUT2D eigenvalue weighted by atomic mass is 9.96. The number of rotatable bonds is 2. The van der Waals surface area contributed by atoms with Crippen molar-refractivity contribution in [2.24, 2.45) is 0 Å². The van der Waals surface area contributed by atoms with Crippen molar-refractivity contribution >= 4 is 11.6 Å². The molecule has 82 valence electrons. The number of aliphatic hydroxyl groups is 1. The molecule has 1 aromatic carbocycles. The van der Waals surface area contributed by atoms with E-state index in [-0.39, 0.29) is 5.82 Å². The molecule has 0 saturated carbocycles. The van der Waals surface area contributed by atoms with E-state index >= 15 is 0 Å². The summed E-state index contributed by atoms with van der Waals surface area (Å²) in [5, 5.41) is 10.1. The molecule has 2 rings (SSSR count). The molecule has 1 saturated heterocycles. The minimum atomic E-state index is -0.616. The van der Waals surface area contributed by atoms with Gasteiger partial charge in [-0.15, -0.1) is 0 Å². The van der Waals surface area contributed by atoms with E-state index in [0.29, 0.717) is 30.2 Å². The van der Waals surface area contributed by atoms with E-state index in [1.54, 1.807) is 13.0 Å². The zero-order chi connectivity index (χ0) is 11.1. The molecule has 4 heteroatoms. The summed E-state index contributed by atoms with van der Waals surface area (Å²) in [5.41, 5.74) is -0.0345. The van der Waals surface area contributed by atoms with Crippen molar-refractivity contribution in [3.8, 4) is 0 Å². The van der Waals surface area contributed by atoms with Gasteiger partial charge in [0, 0.05) is 30.2 Å². The second-order valence-corrected chi connectivity index (χ2v) is 4.81. The molecular weight excluding hydrogens is 217 g/mol. The molecule has 0 spiro atoms. The third-order valence-electron chi connectivity index (χ3n) is 2.53. The van der Waals surface area contributed by atoms with Gasteiger partial charge in [-0.1, -0.05) is 11.6 Å². The summed E-state index contributed by atoms with van der Waals surface area (Å²) in [5.74, 6) is -0.244. The lowest BCUT2D eigenvalue weighted by Crippen LogP contribution is -2.59. The number of hydrogen-bond acceptors (Lipinski definition) is 2. The van der Waals surface area contributed by atoms with E-state index < -0.39 is 5.60 Å². The quantitative estimate of drug-likeness (QED) is 0.839. The molecule has 0 aliphatic carbocycles. The van der Waals surface area contributed by atoms with E-state index in [0.717, 1.165) is 0 Å². The molecule has 0 aromatic heterocycles. The van der Waals surface area contributed by atoms with Crippen LogP contribution in [0, 0.1) is 5.82 Å². The highest BCUT2D eigenvalue weighted by Gasteiger charge is 2.36. The van der Waals surface area contributed by atoms with Crippen molar-refractivity contribution in [3.63, 3.8) is 0 Å². The van der Waals surface area contributed by atoms with Gasteiger partial charge in [-0.05, 0) is 25.1 Å². The fraction of sp³-hybridized carbons (Fsp3) is 0.455. The largest absolute Gasteiger partial charge is 0.388 e. The molecule has 1 N–H and O–H groups in total. The molecule has 0 amide bonds. The zero-order valence-electron chi connectivity index (χ0n) is 8.50. The summed E-state index contributed by atoms with van der Waals surface area (Å²) in [7, 11) is 0. The minimum Gasteiger partial charge on any atom is -0.388 e. The molecular formula is C11H13ClFNO. The second-order valence-electron chi connectivity index (χ2n) is 4.38. The van der Waals surface area contributed by atoms with Crippen LogP contribution >= 0.6 is 11.6 Å². The van der Waals surface area contributed by atoms with Crippen LogP contribution in [0.15, 0.2) is 18.2 Å². The molecule has 2 nitrogen and oxygen atoms in total. The van der Waals surface area contributed by atoms with Gasteiger partial charge in [0.05, 0.1) is 5.60 Å². The van der Waals surface area contributed by atoms with Gasteiger partial charge in [0.2, 0.25) is 0 Å². The van der Waals surface area contributed by atoms with Crippen LogP contribution in [-0.2, 0) is 6.54 Å². The maximum absolute atomic E-state index is 13.3. The Morgan fingerprint density at radius 2 is 2.20 bits per heavy atom. The Labute approximate surface area is 93.3 Å². The standard InChI is InChI=1S/C11H13ClFNO/c1-11(15)6-14(7-11)5-8-4-9(12)2-3-10(8)13/h2-4,15H,5-7H2,1H3. The summed E-state index contributed by atoms with van der Waals surface area (Å²) in [6.07, 6.45) is 0. The van der Waals surface area contributed by atoms with Crippen LogP contribution in [-0.4, -0.2) is 28.7 Å². The summed E-state index contributed by atoms with van der Waals surface area (Å²) in [4.78, 5) is 1.98. The topological polar surface area (TPSA) is 23.5 Å². The summed E-state index contributed by atoms with van der Waals surface area (Å²) in [6.45, 7) is 3.44. The Bertz CT molecular complexity index is 373. The first-order valence-corrected chi connectivity index (χ1v) is 5.23. The van der Waals surface area contributed by atoms with Crippen molar-refractivity contribution < 1.29 is 9.50 Å². The van der Waals surface area contributed by atoms with Crippen LogP contribution in [0.3, 0.4) is 0 Å². The Morgan fingerprint density at radius 3 is 2.80 bits per heavy atom. The molecule has 15 heavy (non-hydrogen) atoms. The monoisotopic (exact) mass is 229 g/mol. The van der Waals surface area contributed by atoms with Crippen LogP contribution < -0.4 is 0 Å². The number of likely N-dealkylation sites (tertiary alicyclic amines) is 1.